The number of para-hydroxylation sites is 1. The molecule has 4 aromatic carbocycles. The Hall–Kier alpha value is -3.46. The monoisotopic (exact) mass is 433 g/mol. The van der Waals surface area contributed by atoms with Gasteiger partial charge in [-0.2, -0.15) is 0 Å². The van der Waals surface area contributed by atoms with Gasteiger partial charge in [0, 0.05) is 59.1 Å². The molecule has 0 radical (unpaired) electrons. The highest BCUT2D eigenvalue weighted by Gasteiger charge is 2.21. The van der Waals surface area contributed by atoms with Gasteiger partial charge in [-0.1, -0.05) is 30.3 Å². The van der Waals surface area contributed by atoms with Crippen molar-refractivity contribution in [2.24, 2.45) is 0 Å². The minimum absolute atomic E-state index is 1.01. The lowest BCUT2D eigenvalue weighted by Crippen LogP contribution is -2.21. The molecule has 3 heteroatoms. The summed E-state index contributed by atoms with van der Waals surface area (Å²) in [6.45, 7) is 13.0. The summed E-state index contributed by atoms with van der Waals surface area (Å²) in [5.41, 5.74) is 6.60. The van der Waals surface area contributed by atoms with Gasteiger partial charge in [0.25, 0.3) is 0 Å². The summed E-state index contributed by atoms with van der Waals surface area (Å²) in [7, 11) is 0. The smallest absolute Gasteiger partial charge is 0.0641 e. The molecule has 3 nitrogen and oxygen atoms in total. The van der Waals surface area contributed by atoms with E-state index in [0.29, 0.717) is 0 Å². The highest BCUT2D eigenvalue weighted by Crippen LogP contribution is 2.44. The molecule has 6 rings (SSSR count). The quantitative estimate of drug-likeness (QED) is 0.267. The number of aromatic nitrogens is 1. The van der Waals surface area contributed by atoms with Crippen LogP contribution in [0.15, 0.2) is 66.7 Å². The van der Waals surface area contributed by atoms with E-state index in [2.05, 4.69) is 109 Å². The summed E-state index contributed by atoms with van der Waals surface area (Å²) >= 11 is 0. The first-order valence-electron chi connectivity index (χ1n) is 12.3. The first-order chi connectivity index (χ1) is 16.2. The van der Waals surface area contributed by atoms with E-state index in [0.717, 1.165) is 26.2 Å². The number of hydrogen-bond acceptors (Lipinski definition) is 2. The highest BCUT2D eigenvalue weighted by molar-refractivity contribution is 6.27. The Balaban J connectivity index is 1.76. The standard InChI is InChI=1S/C30H31N3/c1-5-31(6-2)22-14-13-20-18-25-23-15-16-27(32(7-3)8-4)29-24-11-9-10-12-26(24)33(30(23)29)28(25)19-21(20)17-22/h9-19H,5-8H2,1-4H3. The molecule has 6 aromatic rings. The second-order valence-electron chi connectivity index (χ2n) is 8.95. The summed E-state index contributed by atoms with van der Waals surface area (Å²) < 4.78 is 2.51. The van der Waals surface area contributed by atoms with Crippen LogP contribution in [0.2, 0.25) is 0 Å². The zero-order valence-electron chi connectivity index (χ0n) is 20.0. The first-order valence-corrected chi connectivity index (χ1v) is 12.3. The van der Waals surface area contributed by atoms with Crippen molar-refractivity contribution in [2.75, 3.05) is 36.0 Å². The molecule has 0 saturated heterocycles. The van der Waals surface area contributed by atoms with E-state index < -0.39 is 0 Å². The molecule has 0 N–H and O–H groups in total. The van der Waals surface area contributed by atoms with Crippen molar-refractivity contribution in [1.29, 1.82) is 0 Å². The van der Waals surface area contributed by atoms with Crippen LogP contribution in [0.4, 0.5) is 11.4 Å². The molecule has 0 saturated carbocycles. The van der Waals surface area contributed by atoms with Gasteiger partial charge in [-0.25, -0.2) is 0 Å². The lowest BCUT2D eigenvalue weighted by atomic mass is 10.0. The molecule has 33 heavy (non-hydrogen) atoms. The fourth-order valence-electron chi connectivity index (χ4n) is 5.83. The Morgan fingerprint density at radius 2 is 1.36 bits per heavy atom. The number of hydrogen-bond donors (Lipinski definition) is 0. The maximum absolute atomic E-state index is 2.51. The predicted octanol–water partition coefficient (Wildman–Crippen LogP) is 7.68. The summed E-state index contributed by atoms with van der Waals surface area (Å²) in [6, 6.07) is 25.3. The number of rotatable bonds is 6. The third-order valence-electron chi connectivity index (χ3n) is 7.50. The van der Waals surface area contributed by atoms with E-state index in [4.69, 9.17) is 0 Å². The Morgan fingerprint density at radius 1 is 0.606 bits per heavy atom. The van der Waals surface area contributed by atoms with Crippen LogP contribution in [-0.2, 0) is 0 Å². The fourth-order valence-corrected chi connectivity index (χ4v) is 5.83. The number of nitrogens with zero attached hydrogens (tertiary/aromatic N) is 3. The van der Waals surface area contributed by atoms with E-state index in [-0.39, 0.29) is 0 Å². The van der Waals surface area contributed by atoms with Crippen molar-refractivity contribution in [3.8, 4) is 0 Å². The Labute approximate surface area is 195 Å². The summed E-state index contributed by atoms with van der Waals surface area (Å²) in [5.74, 6) is 0. The van der Waals surface area contributed by atoms with Crippen LogP contribution in [0, 0.1) is 0 Å². The largest absolute Gasteiger partial charge is 0.372 e. The lowest BCUT2D eigenvalue weighted by Gasteiger charge is -2.22. The second kappa shape index (κ2) is 7.55. The molecule has 2 heterocycles. The van der Waals surface area contributed by atoms with Crippen LogP contribution in [0.1, 0.15) is 27.7 Å². The minimum atomic E-state index is 1.01. The topological polar surface area (TPSA) is 10.9 Å². The van der Waals surface area contributed by atoms with Crippen molar-refractivity contribution < 1.29 is 0 Å². The minimum Gasteiger partial charge on any atom is -0.372 e. The van der Waals surface area contributed by atoms with Gasteiger partial charge in [0.2, 0.25) is 0 Å². The SMILES string of the molecule is CCN(CC)c1ccc2cc3c4ccc(N(CC)CC)c5c6ccccc6n(c3cc2c1)c45. The first kappa shape index (κ1) is 20.2. The Morgan fingerprint density at radius 3 is 2.12 bits per heavy atom. The summed E-state index contributed by atoms with van der Waals surface area (Å²) in [5, 5.41) is 8.04. The van der Waals surface area contributed by atoms with Gasteiger partial charge in [0.1, 0.15) is 0 Å². The van der Waals surface area contributed by atoms with Gasteiger partial charge in [-0.3, -0.25) is 0 Å². The molecule has 0 aliphatic rings. The molecule has 0 amide bonds. The molecule has 0 spiro atoms. The van der Waals surface area contributed by atoms with Gasteiger partial charge in [-0.05, 0) is 74.9 Å². The maximum Gasteiger partial charge on any atom is 0.0641 e. The number of fused-ring (bicyclic) bond motifs is 7. The van der Waals surface area contributed by atoms with Gasteiger partial charge >= 0.3 is 0 Å². The Kier molecular flexibility index (Phi) is 4.62. The average molecular weight is 434 g/mol. The molecule has 0 aliphatic heterocycles. The van der Waals surface area contributed by atoms with Crippen molar-refractivity contribution >= 4 is 60.2 Å². The molecule has 2 aromatic heterocycles. The molecule has 0 bridgehead atoms. The maximum atomic E-state index is 2.51. The third kappa shape index (κ3) is 2.75. The third-order valence-corrected chi connectivity index (χ3v) is 7.50. The van der Waals surface area contributed by atoms with Gasteiger partial charge in [0.15, 0.2) is 0 Å². The Bertz CT molecular complexity index is 1620. The van der Waals surface area contributed by atoms with Crippen LogP contribution in [0.5, 0.6) is 0 Å². The summed E-state index contributed by atoms with van der Waals surface area (Å²) in [6.07, 6.45) is 0. The predicted molar refractivity (Wildman–Crippen MR) is 146 cm³/mol. The molecule has 0 aliphatic carbocycles. The van der Waals surface area contributed by atoms with Crippen molar-refractivity contribution in [2.45, 2.75) is 27.7 Å². The highest BCUT2D eigenvalue weighted by atomic mass is 15.1. The van der Waals surface area contributed by atoms with Crippen LogP contribution < -0.4 is 9.80 Å². The van der Waals surface area contributed by atoms with Crippen LogP contribution >= 0.6 is 0 Å². The number of benzene rings is 4. The number of anilines is 2. The van der Waals surface area contributed by atoms with E-state index in [1.54, 1.807) is 0 Å². The second-order valence-corrected chi connectivity index (χ2v) is 8.95. The van der Waals surface area contributed by atoms with Crippen LogP contribution in [-0.4, -0.2) is 30.6 Å². The van der Waals surface area contributed by atoms with Gasteiger partial charge < -0.3 is 14.2 Å². The summed E-state index contributed by atoms with van der Waals surface area (Å²) in [4.78, 5) is 4.90. The van der Waals surface area contributed by atoms with Crippen LogP contribution in [0.3, 0.4) is 0 Å². The van der Waals surface area contributed by atoms with Gasteiger partial charge in [0.05, 0.1) is 16.6 Å². The molecular formula is C30H31N3. The van der Waals surface area contributed by atoms with Gasteiger partial charge in [-0.15, -0.1) is 0 Å². The molecule has 166 valence electrons. The molecular weight excluding hydrogens is 402 g/mol. The van der Waals surface area contributed by atoms with Crippen molar-refractivity contribution in [1.82, 2.24) is 4.40 Å². The van der Waals surface area contributed by atoms with E-state index in [1.807, 2.05) is 0 Å². The average Bonchev–Trinajstić information content (AvgIpc) is 3.36. The van der Waals surface area contributed by atoms with Crippen LogP contribution in [0.25, 0.3) is 48.9 Å². The molecule has 0 unspecified atom stereocenters. The molecule has 0 atom stereocenters. The normalized spacial score (nSPS) is 12.1. The molecule has 0 fully saturated rings. The zero-order chi connectivity index (χ0) is 22.7. The fraction of sp³-hybridized carbons (Fsp3) is 0.267. The van der Waals surface area contributed by atoms with Crippen molar-refractivity contribution in [3.05, 3.63) is 66.7 Å². The van der Waals surface area contributed by atoms with E-state index in [9.17, 15) is 0 Å². The van der Waals surface area contributed by atoms with Crippen molar-refractivity contribution in [3.63, 3.8) is 0 Å². The zero-order valence-corrected chi connectivity index (χ0v) is 20.0. The lowest BCUT2D eigenvalue weighted by molar-refractivity contribution is 0.867. The van der Waals surface area contributed by atoms with E-state index in [1.165, 1.54) is 60.2 Å². The van der Waals surface area contributed by atoms with E-state index >= 15 is 0 Å².